The Kier molecular flexibility index (Phi) is 5.56. The molecule has 1 heterocycles. The minimum Gasteiger partial charge on any atom is -0.465 e. The minimum absolute atomic E-state index is 0.603. The van der Waals surface area contributed by atoms with E-state index in [1.807, 2.05) is 19.1 Å². The van der Waals surface area contributed by atoms with Gasteiger partial charge in [-0.3, -0.25) is 4.90 Å². The lowest BCUT2D eigenvalue weighted by molar-refractivity contribution is 0.243. The zero-order valence-corrected chi connectivity index (χ0v) is 10.7. The summed E-state index contributed by atoms with van der Waals surface area (Å²) in [6.07, 6.45) is 2.41. The maximum Gasteiger partial charge on any atom is 0.118 e. The first-order valence-electron chi connectivity index (χ1n) is 6.09. The van der Waals surface area contributed by atoms with E-state index in [1.165, 1.54) is 12.8 Å². The molecule has 0 amide bonds. The molecule has 1 atom stereocenters. The van der Waals surface area contributed by atoms with Crippen LogP contribution in [-0.2, 0) is 6.54 Å². The van der Waals surface area contributed by atoms with Gasteiger partial charge in [-0.2, -0.15) is 0 Å². The quantitative estimate of drug-likeness (QED) is 0.773. The highest BCUT2D eigenvalue weighted by molar-refractivity contribution is 5.05. The fraction of sp³-hybridized carbons (Fsp3) is 0.692. The molecule has 0 aromatic carbocycles. The van der Waals surface area contributed by atoms with Gasteiger partial charge in [0.15, 0.2) is 0 Å². The third kappa shape index (κ3) is 4.37. The van der Waals surface area contributed by atoms with Gasteiger partial charge in [0, 0.05) is 6.54 Å². The highest BCUT2D eigenvalue weighted by Crippen LogP contribution is 2.11. The average Bonchev–Trinajstić information content (AvgIpc) is 2.63. The Morgan fingerprint density at radius 3 is 2.69 bits per heavy atom. The standard InChI is InChI=1S/C13H24N2O/c1-4-5-12(8-14)9-15(3)10-13-7-6-11(2)16-13/h6-7,12H,4-5,8-10,14H2,1-3H3. The van der Waals surface area contributed by atoms with Gasteiger partial charge in [0.05, 0.1) is 6.54 Å². The van der Waals surface area contributed by atoms with Crippen LogP contribution in [0.2, 0.25) is 0 Å². The fourth-order valence-corrected chi connectivity index (χ4v) is 2.03. The van der Waals surface area contributed by atoms with Gasteiger partial charge in [0.1, 0.15) is 11.5 Å². The van der Waals surface area contributed by atoms with E-state index in [0.29, 0.717) is 5.92 Å². The third-order valence-corrected chi connectivity index (χ3v) is 2.82. The van der Waals surface area contributed by atoms with Gasteiger partial charge in [0.25, 0.3) is 0 Å². The molecular formula is C13H24N2O. The number of nitrogens with two attached hydrogens (primary N) is 1. The van der Waals surface area contributed by atoms with Crippen LogP contribution in [0.1, 0.15) is 31.3 Å². The zero-order valence-electron chi connectivity index (χ0n) is 10.7. The molecule has 1 aromatic rings. The van der Waals surface area contributed by atoms with E-state index in [4.69, 9.17) is 10.2 Å². The molecule has 0 aliphatic rings. The second-order valence-electron chi connectivity index (χ2n) is 4.60. The van der Waals surface area contributed by atoms with Crippen molar-refractivity contribution in [2.24, 2.45) is 11.7 Å². The van der Waals surface area contributed by atoms with Crippen LogP contribution in [0.15, 0.2) is 16.5 Å². The minimum atomic E-state index is 0.603. The zero-order chi connectivity index (χ0) is 12.0. The van der Waals surface area contributed by atoms with Gasteiger partial charge in [-0.1, -0.05) is 13.3 Å². The maximum atomic E-state index is 5.75. The fourth-order valence-electron chi connectivity index (χ4n) is 2.03. The topological polar surface area (TPSA) is 42.4 Å². The summed E-state index contributed by atoms with van der Waals surface area (Å²) in [4.78, 5) is 2.28. The van der Waals surface area contributed by atoms with Gasteiger partial charge < -0.3 is 10.2 Å². The highest BCUT2D eigenvalue weighted by Gasteiger charge is 2.10. The Morgan fingerprint density at radius 2 is 2.19 bits per heavy atom. The van der Waals surface area contributed by atoms with E-state index in [1.54, 1.807) is 0 Å². The largest absolute Gasteiger partial charge is 0.465 e. The lowest BCUT2D eigenvalue weighted by Crippen LogP contribution is -2.29. The summed E-state index contributed by atoms with van der Waals surface area (Å²) in [5.41, 5.74) is 5.75. The first-order valence-corrected chi connectivity index (χ1v) is 6.09. The predicted molar refractivity (Wildman–Crippen MR) is 67.2 cm³/mol. The summed E-state index contributed by atoms with van der Waals surface area (Å²) < 4.78 is 5.56. The second-order valence-corrected chi connectivity index (χ2v) is 4.60. The normalized spacial score (nSPS) is 13.3. The average molecular weight is 224 g/mol. The van der Waals surface area contributed by atoms with Crippen LogP contribution in [0, 0.1) is 12.8 Å². The van der Waals surface area contributed by atoms with E-state index in [0.717, 1.165) is 31.2 Å². The summed E-state index contributed by atoms with van der Waals surface area (Å²) in [6.45, 7) is 6.87. The molecule has 3 heteroatoms. The number of hydrogen-bond donors (Lipinski definition) is 1. The van der Waals surface area contributed by atoms with E-state index >= 15 is 0 Å². The second kappa shape index (κ2) is 6.71. The molecule has 0 spiro atoms. The highest BCUT2D eigenvalue weighted by atomic mass is 16.3. The van der Waals surface area contributed by atoms with Crippen LogP contribution < -0.4 is 5.73 Å². The summed E-state index contributed by atoms with van der Waals surface area (Å²) in [5.74, 6) is 2.62. The Labute approximate surface area is 98.6 Å². The van der Waals surface area contributed by atoms with Crippen molar-refractivity contribution in [1.29, 1.82) is 0 Å². The molecule has 1 rings (SSSR count). The number of furan rings is 1. The van der Waals surface area contributed by atoms with Crippen LogP contribution in [0.4, 0.5) is 0 Å². The van der Waals surface area contributed by atoms with E-state index in [2.05, 4.69) is 18.9 Å². The van der Waals surface area contributed by atoms with Gasteiger partial charge in [-0.05, 0) is 45.0 Å². The van der Waals surface area contributed by atoms with Crippen molar-refractivity contribution in [2.45, 2.75) is 33.2 Å². The Hall–Kier alpha value is -0.800. The molecule has 1 aromatic heterocycles. The molecule has 0 bridgehead atoms. The van der Waals surface area contributed by atoms with E-state index in [-0.39, 0.29) is 0 Å². The Bertz CT molecular complexity index is 296. The molecule has 0 saturated heterocycles. The van der Waals surface area contributed by atoms with Crippen LogP contribution in [-0.4, -0.2) is 25.0 Å². The van der Waals surface area contributed by atoms with E-state index in [9.17, 15) is 0 Å². The molecule has 0 aliphatic carbocycles. The molecule has 0 radical (unpaired) electrons. The molecule has 3 nitrogen and oxygen atoms in total. The summed E-state index contributed by atoms with van der Waals surface area (Å²) in [5, 5.41) is 0. The van der Waals surface area contributed by atoms with Crippen LogP contribution in [0.3, 0.4) is 0 Å². The molecule has 1 unspecified atom stereocenters. The van der Waals surface area contributed by atoms with Crippen molar-refractivity contribution in [3.63, 3.8) is 0 Å². The van der Waals surface area contributed by atoms with Gasteiger partial charge in [-0.15, -0.1) is 0 Å². The van der Waals surface area contributed by atoms with Crippen molar-refractivity contribution in [3.05, 3.63) is 23.7 Å². The molecule has 0 saturated carbocycles. The molecule has 92 valence electrons. The van der Waals surface area contributed by atoms with Crippen molar-refractivity contribution in [1.82, 2.24) is 4.90 Å². The van der Waals surface area contributed by atoms with Crippen LogP contribution in [0.5, 0.6) is 0 Å². The SMILES string of the molecule is CCCC(CN)CN(C)Cc1ccc(C)o1. The Balaban J connectivity index is 2.37. The van der Waals surface area contributed by atoms with Crippen molar-refractivity contribution in [2.75, 3.05) is 20.1 Å². The van der Waals surface area contributed by atoms with Gasteiger partial charge in [-0.25, -0.2) is 0 Å². The molecule has 16 heavy (non-hydrogen) atoms. The predicted octanol–water partition coefficient (Wildman–Crippen LogP) is 2.39. The van der Waals surface area contributed by atoms with E-state index < -0.39 is 0 Å². The lowest BCUT2D eigenvalue weighted by atomic mass is 10.0. The number of nitrogens with zero attached hydrogens (tertiary/aromatic N) is 1. The summed E-state index contributed by atoms with van der Waals surface area (Å²) in [6, 6.07) is 4.05. The third-order valence-electron chi connectivity index (χ3n) is 2.82. The van der Waals surface area contributed by atoms with Crippen LogP contribution >= 0.6 is 0 Å². The van der Waals surface area contributed by atoms with Crippen molar-refractivity contribution < 1.29 is 4.42 Å². The summed E-state index contributed by atoms with van der Waals surface area (Å²) >= 11 is 0. The molecular weight excluding hydrogens is 200 g/mol. The molecule has 0 aliphatic heterocycles. The monoisotopic (exact) mass is 224 g/mol. The number of hydrogen-bond acceptors (Lipinski definition) is 3. The van der Waals surface area contributed by atoms with Crippen LogP contribution in [0.25, 0.3) is 0 Å². The first kappa shape index (κ1) is 13.3. The number of rotatable bonds is 7. The van der Waals surface area contributed by atoms with Gasteiger partial charge >= 0.3 is 0 Å². The number of aryl methyl sites for hydroxylation is 1. The molecule has 2 N–H and O–H groups in total. The summed E-state index contributed by atoms with van der Waals surface area (Å²) in [7, 11) is 2.12. The van der Waals surface area contributed by atoms with Crippen molar-refractivity contribution >= 4 is 0 Å². The molecule has 0 fully saturated rings. The smallest absolute Gasteiger partial charge is 0.118 e. The first-order chi connectivity index (χ1) is 7.65. The van der Waals surface area contributed by atoms with Crippen molar-refractivity contribution in [3.8, 4) is 0 Å². The maximum absolute atomic E-state index is 5.75. The Morgan fingerprint density at radius 1 is 1.44 bits per heavy atom. The lowest BCUT2D eigenvalue weighted by Gasteiger charge is -2.21. The van der Waals surface area contributed by atoms with Gasteiger partial charge in [0.2, 0.25) is 0 Å².